The van der Waals surface area contributed by atoms with Gasteiger partial charge in [0.05, 0.1) is 5.56 Å². The van der Waals surface area contributed by atoms with E-state index >= 15 is 0 Å². The van der Waals surface area contributed by atoms with Crippen LogP contribution in [0.2, 0.25) is 0 Å². The van der Waals surface area contributed by atoms with E-state index in [1.165, 1.54) is 13.0 Å². The average molecular weight is 466 g/mol. The van der Waals surface area contributed by atoms with Gasteiger partial charge in [-0.2, -0.15) is 0 Å². The van der Waals surface area contributed by atoms with Crippen molar-refractivity contribution in [1.29, 1.82) is 0 Å². The van der Waals surface area contributed by atoms with Crippen LogP contribution < -0.4 is 15.4 Å². The average Bonchev–Trinajstić information content (AvgIpc) is 2.61. The van der Waals surface area contributed by atoms with E-state index < -0.39 is 5.97 Å². The molecule has 0 aliphatic heterocycles. The Morgan fingerprint density at radius 3 is 2.35 bits per heavy atom. The molecule has 0 heterocycles. The molecule has 0 unspecified atom stereocenters. The molecule has 0 aromatic heterocycles. The van der Waals surface area contributed by atoms with E-state index in [2.05, 4.69) is 33.2 Å². The summed E-state index contributed by atoms with van der Waals surface area (Å²) in [6.07, 6.45) is 0.602. The molecule has 0 fully saturated rings. The maximum absolute atomic E-state index is 12.1. The smallest absolute Gasteiger partial charge is 0.308 e. The van der Waals surface area contributed by atoms with E-state index in [1.54, 1.807) is 24.3 Å². The van der Waals surface area contributed by atoms with E-state index in [-0.39, 0.29) is 11.8 Å². The largest absolute Gasteiger partial charge is 0.427 e. The molecule has 0 bridgehead atoms. The van der Waals surface area contributed by atoms with Gasteiger partial charge in [0.1, 0.15) is 5.75 Å². The highest BCUT2D eigenvalue weighted by atomic mass is 127. The molecular weight excluding hydrogens is 447 g/mol. The first-order valence-corrected chi connectivity index (χ1v) is 9.14. The van der Waals surface area contributed by atoms with Crippen LogP contribution in [0.4, 0.5) is 0 Å². The van der Waals surface area contributed by atoms with E-state index in [0.717, 1.165) is 3.57 Å². The molecule has 2 rings (SSSR count). The predicted octanol–water partition coefficient (Wildman–Crippen LogP) is 2.77. The summed E-state index contributed by atoms with van der Waals surface area (Å²) in [7, 11) is 0. The number of rotatable bonds is 7. The maximum Gasteiger partial charge on any atom is 0.308 e. The number of ether oxygens (including phenoxy) is 1. The van der Waals surface area contributed by atoms with Crippen LogP contribution in [0.25, 0.3) is 0 Å². The third-order valence-electron chi connectivity index (χ3n) is 3.40. The summed E-state index contributed by atoms with van der Waals surface area (Å²) in [6.45, 7) is 2.18. The van der Waals surface area contributed by atoms with Crippen LogP contribution in [0.3, 0.4) is 0 Å². The molecule has 2 N–H and O–H groups in total. The fourth-order valence-electron chi connectivity index (χ4n) is 2.20. The summed E-state index contributed by atoms with van der Waals surface area (Å²) in [6, 6.07) is 13.8. The van der Waals surface area contributed by atoms with Crippen LogP contribution in [0.15, 0.2) is 48.5 Å². The van der Waals surface area contributed by atoms with Crippen molar-refractivity contribution in [1.82, 2.24) is 10.6 Å². The van der Waals surface area contributed by atoms with E-state index in [1.807, 2.05) is 18.2 Å². The molecule has 0 aliphatic rings. The molecule has 0 radical (unpaired) electrons. The normalized spacial score (nSPS) is 10.1. The van der Waals surface area contributed by atoms with Gasteiger partial charge in [-0.25, -0.2) is 0 Å². The SMILES string of the molecule is CC(=O)Oc1cccc(C(=O)NCCCNC(=O)c2ccccc2I)c1. The van der Waals surface area contributed by atoms with Crippen molar-refractivity contribution in [2.24, 2.45) is 0 Å². The molecule has 2 aromatic carbocycles. The van der Waals surface area contributed by atoms with Crippen molar-refractivity contribution in [2.45, 2.75) is 13.3 Å². The Balaban J connectivity index is 1.74. The Hall–Kier alpha value is -2.42. The lowest BCUT2D eigenvalue weighted by Crippen LogP contribution is -2.30. The highest BCUT2D eigenvalue weighted by Crippen LogP contribution is 2.13. The monoisotopic (exact) mass is 466 g/mol. The number of esters is 1. The molecular formula is C19H19IN2O4. The molecule has 0 saturated heterocycles. The zero-order valence-corrected chi connectivity index (χ0v) is 16.4. The molecule has 0 spiro atoms. The number of hydrogen-bond acceptors (Lipinski definition) is 4. The Bertz CT molecular complexity index is 808. The van der Waals surface area contributed by atoms with Crippen molar-refractivity contribution in [3.8, 4) is 5.75 Å². The first-order valence-electron chi connectivity index (χ1n) is 8.07. The van der Waals surface area contributed by atoms with E-state index in [4.69, 9.17) is 4.74 Å². The van der Waals surface area contributed by atoms with Crippen LogP contribution in [0, 0.1) is 3.57 Å². The molecule has 26 heavy (non-hydrogen) atoms. The van der Waals surface area contributed by atoms with E-state index in [9.17, 15) is 14.4 Å². The molecule has 7 heteroatoms. The second-order valence-electron chi connectivity index (χ2n) is 5.47. The molecule has 136 valence electrons. The first-order chi connectivity index (χ1) is 12.5. The Labute approximate surface area is 165 Å². The quantitative estimate of drug-likeness (QED) is 0.285. The highest BCUT2D eigenvalue weighted by molar-refractivity contribution is 14.1. The minimum atomic E-state index is -0.439. The summed E-state index contributed by atoms with van der Waals surface area (Å²) in [5, 5.41) is 5.60. The summed E-state index contributed by atoms with van der Waals surface area (Å²) >= 11 is 2.12. The number of amides is 2. The second-order valence-corrected chi connectivity index (χ2v) is 6.63. The summed E-state index contributed by atoms with van der Waals surface area (Å²) in [5.41, 5.74) is 1.05. The van der Waals surface area contributed by atoms with Crippen LogP contribution in [0.1, 0.15) is 34.1 Å². The van der Waals surface area contributed by atoms with Crippen LogP contribution in [0.5, 0.6) is 5.75 Å². The van der Waals surface area contributed by atoms with Gasteiger partial charge in [-0.05, 0) is 59.3 Å². The zero-order chi connectivity index (χ0) is 18.9. The molecule has 0 aliphatic carbocycles. The number of hydrogen-bond donors (Lipinski definition) is 2. The molecule has 6 nitrogen and oxygen atoms in total. The molecule has 0 saturated carbocycles. The number of benzene rings is 2. The van der Waals surface area contributed by atoms with Gasteiger partial charge in [-0.3, -0.25) is 14.4 Å². The van der Waals surface area contributed by atoms with Gasteiger partial charge in [0.15, 0.2) is 0 Å². The molecule has 2 aromatic rings. The van der Waals surface area contributed by atoms with Gasteiger partial charge in [0.25, 0.3) is 11.8 Å². The topological polar surface area (TPSA) is 84.5 Å². The Morgan fingerprint density at radius 1 is 0.962 bits per heavy atom. The lowest BCUT2D eigenvalue weighted by Gasteiger charge is -2.08. The Morgan fingerprint density at radius 2 is 1.65 bits per heavy atom. The fraction of sp³-hybridized carbons (Fsp3) is 0.211. The van der Waals surface area contributed by atoms with Crippen LogP contribution in [-0.2, 0) is 4.79 Å². The van der Waals surface area contributed by atoms with Crippen molar-refractivity contribution in [3.05, 3.63) is 63.2 Å². The van der Waals surface area contributed by atoms with Crippen LogP contribution >= 0.6 is 22.6 Å². The van der Waals surface area contributed by atoms with Crippen LogP contribution in [-0.4, -0.2) is 30.9 Å². The van der Waals surface area contributed by atoms with Crippen molar-refractivity contribution in [3.63, 3.8) is 0 Å². The molecule has 2 amide bonds. The standard InChI is InChI=1S/C19H19IN2O4/c1-13(23)26-15-7-4-6-14(12-15)18(24)21-10-5-11-22-19(25)16-8-2-3-9-17(16)20/h2-4,6-9,12H,5,10-11H2,1H3,(H,21,24)(H,22,25). The Kier molecular flexibility index (Phi) is 7.58. The zero-order valence-electron chi connectivity index (χ0n) is 14.3. The van der Waals surface area contributed by atoms with Gasteiger partial charge in [-0.1, -0.05) is 18.2 Å². The number of halogens is 1. The van der Waals surface area contributed by atoms with Crippen molar-refractivity contribution >= 4 is 40.4 Å². The van der Waals surface area contributed by atoms with Gasteiger partial charge in [-0.15, -0.1) is 0 Å². The highest BCUT2D eigenvalue weighted by Gasteiger charge is 2.09. The van der Waals surface area contributed by atoms with E-state index in [0.29, 0.717) is 36.4 Å². The fourth-order valence-corrected chi connectivity index (χ4v) is 2.83. The van der Waals surface area contributed by atoms with Crippen molar-refractivity contribution in [2.75, 3.05) is 13.1 Å². The minimum Gasteiger partial charge on any atom is -0.427 e. The van der Waals surface area contributed by atoms with Crippen molar-refractivity contribution < 1.29 is 19.1 Å². The summed E-state index contributed by atoms with van der Waals surface area (Å²) in [4.78, 5) is 35.1. The molecule has 0 atom stereocenters. The summed E-state index contributed by atoms with van der Waals surface area (Å²) < 4.78 is 5.85. The number of nitrogens with one attached hydrogen (secondary N) is 2. The van der Waals surface area contributed by atoms with Gasteiger partial charge >= 0.3 is 5.97 Å². The first kappa shape index (κ1) is 19.9. The van der Waals surface area contributed by atoms with Gasteiger partial charge < -0.3 is 15.4 Å². The minimum absolute atomic E-state index is 0.129. The lowest BCUT2D eigenvalue weighted by atomic mass is 10.2. The second kappa shape index (κ2) is 9.91. The predicted molar refractivity (Wildman–Crippen MR) is 106 cm³/mol. The maximum atomic E-state index is 12.1. The summed E-state index contributed by atoms with van der Waals surface area (Å²) in [5.74, 6) is -0.500. The number of carbonyl (C=O) groups is 3. The van der Waals surface area contributed by atoms with Gasteiger partial charge in [0.2, 0.25) is 0 Å². The lowest BCUT2D eigenvalue weighted by molar-refractivity contribution is -0.131. The third-order valence-corrected chi connectivity index (χ3v) is 4.34. The number of carbonyl (C=O) groups excluding carboxylic acids is 3. The third kappa shape index (κ3) is 6.14. The van der Waals surface area contributed by atoms with Gasteiger partial charge in [0, 0.05) is 29.1 Å².